The van der Waals surface area contributed by atoms with Crippen LogP contribution < -0.4 is 0 Å². The third-order valence-corrected chi connectivity index (χ3v) is 3.01. The van der Waals surface area contributed by atoms with Gasteiger partial charge in [-0.3, -0.25) is 0 Å². The SMILES string of the molecule is Cn1c(C(=O)O)ccc1-c1ccc(Br)cc1. The summed E-state index contributed by atoms with van der Waals surface area (Å²) in [7, 11) is 1.75. The van der Waals surface area contributed by atoms with Crippen LogP contribution in [0, 0.1) is 0 Å². The lowest BCUT2D eigenvalue weighted by molar-refractivity contribution is 0.0687. The van der Waals surface area contributed by atoms with Gasteiger partial charge in [-0.2, -0.15) is 0 Å². The van der Waals surface area contributed by atoms with Crippen LogP contribution >= 0.6 is 15.9 Å². The number of hydrogen-bond donors (Lipinski definition) is 1. The van der Waals surface area contributed by atoms with E-state index in [-0.39, 0.29) is 5.69 Å². The highest BCUT2D eigenvalue weighted by Crippen LogP contribution is 2.23. The van der Waals surface area contributed by atoms with Crippen molar-refractivity contribution in [2.24, 2.45) is 7.05 Å². The molecule has 0 fully saturated rings. The third-order valence-electron chi connectivity index (χ3n) is 2.48. The molecule has 82 valence electrons. The van der Waals surface area contributed by atoms with E-state index in [4.69, 9.17) is 5.11 Å². The van der Waals surface area contributed by atoms with E-state index in [0.29, 0.717) is 0 Å². The molecule has 16 heavy (non-hydrogen) atoms. The summed E-state index contributed by atoms with van der Waals surface area (Å²) in [6.45, 7) is 0. The van der Waals surface area contributed by atoms with Crippen molar-refractivity contribution in [3.05, 3.63) is 46.6 Å². The van der Waals surface area contributed by atoms with Gasteiger partial charge in [0.2, 0.25) is 0 Å². The highest BCUT2D eigenvalue weighted by Gasteiger charge is 2.11. The van der Waals surface area contributed by atoms with Crippen LogP contribution in [0.4, 0.5) is 0 Å². The zero-order valence-electron chi connectivity index (χ0n) is 8.64. The fourth-order valence-corrected chi connectivity index (χ4v) is 1.90. The van der Waals surface area contributed by atoms with Gasteiger partial charge < -0.3 is 9.67 Å². The Hall–Kier alpha value is -1.55. The van der Waals surface area contributed by atoms with Gasteiger partial charge in [0.15, 0.2) is 0 Å². The number of hydrogen-bond acceptors (Lipinski definition) is 1. The summed E-state index contributed by atoms with van der Waals surface area (Å²) in [4.78, 5) is 10.9. The number of aromatic nitrogens is 1. The van der Waals surface area contributed by atoms with Gasteiger partial charge in [-0.05, 0) is 29.8 Å². The summed E-state index contributed by atoms with van der Waals surface area (Å²) in [5, 5.41) is 8.94. The molecule has 2 aromatic rings. The molecular weight excluding hydrogens is 270 g/mol. The van der Waals surface area contributed by atoms with E-state index in [1.165, 1.54) is 0 Å². The number of carboxylic acids is 1. The first kappa shape index (κ1) is 11.0. The molecule has 0 bridgehead atoms. The van der Waals surface area contributed by atoms with Crippen molar-refractivity contribution in [3.8, 4) is 11.3 Å². The lowest BCUT2D eigenvalue weighted by Gasteiger charge is -2.05. The van der Waals surface area contributed by atoms with Gasteiger partial charge in [-0.1, -0.05) is 28.1 Å². The average molecular weight is 280 g/mol. The minimum atomic E-state index is -0.911. The minimum absolute atomic E-state index is 0.290. The second kappa shape index (κ2) is 4.14. The normalized spacial score (nSPS) is 10.4. The summed E-state index contributed by atoms with van der Waals surface area (Å²) in [5.41, 5.74) is 2.18. The van der Waals surface area contributed by atoms with Crippen molar-refractivity contribution < 1.29 is 9.90 Å². The van der Waals surface area contributed by atoms with E-state index < -0.39 is 5.97 Å². The second-order valence-corrected chi connectivity index (χ2v) is 4.39. The van der Waals surface area contributed by atoms with Crippen molar-refractivity contribution >= 4 is 21.9 Å². The molecule has 1 heterocycles. The van der Waals surface area contributed by atoms with E-state index in [1.807, 2.05) is 30.3 Å². The first-order valence-corrected chi connectivity index (χ1v) is 5.54. The number of rotatable bonds is 2. The van der Waals surface area contributed by atoms with Crippen LogP contribution in [0.3, 0.4) is 0 Å². The predicted molar refractivity (Wildman–Crippen MR) is 65.5 cm³/mol. The van der Waals surface area contributed by atoms with Crippen LogP contribution in [-0.2, 0) is 7.05 Å². The molecule has 0 aliphatic rings. The predicted octanol–water partition coefficient (Wildman–Crippen LogP) is 3.15. The molecule has 4 heteroatoms. The van der Waals surface area contributed by atoms with Crippen LogP contribution in [-0.4, -0.2) is 15.6 Å². The summed E-state index contributed by atoms with van der Waals surface area (Å²) in [6, 6.07) is 11.2. The molecule has 0 atom stereocenters. The monoisotopic (exact) mass is 279 g/mol. The number of halogens is 1. The molecule has 1 aromatic heterocycles. The fourth-order valence-electron chi connectivity index (χ4n) is 1.64. The Labute approximate surface area is 101 Å². The Morgan fingerprint density at radius 1 is 1.19 bits per heavy atom. The average Bonchev–Trinajstić information content (AvgIpc) is 2.61. The van der Waals surface area contributed by atoms with Gasteiger partial charge in [0.25, 0.3) is 0 Å². The first-order valence-electron chi connectivity index (χ1n) is 4.74. The molecule has 1 aromatic carbocycles. The molecule has 0 saturated heterocycles. The van der Waals surface area contributed by atoms with Gasteiger partial charge in [-0.25, -0.2) is 4.79 Å². The van der Waals surface area contributed by atoms with Gasteiger partial charge >= 0.3 is 5.97 Å². The second-order valence-electron chi connectivity index (χ2n) is 3.47. The zero-order valence-corrected chi connectivity index (χ0v) is 10.2. The molecule has 1 N–H and O–H groups in total. The van der Waals surface area contributed by atoms with Crippen LogP contribution in [0.2, 0.25) is 0 Å². The summed E-state index contributed by atoms with van der Waals surface area (Å²) in [6.07, 6.45) is 0. The Morgan fingerprint density at radius 2 is 1.81 bits per heavy atom. The molecule has 0 aliphatic carbocycles. The number of aromatic carboxylic acids is 1. The topological polar surface area (TPSA) is 42.2 Å². The maximum Gasteiger partial charge on any atom is 0.352 e. The molecule has 0 saturated carbocycles. The molecule has 0 aliphatic heterocycles. The Morgan fingerprint density at radius 3 is 2.31 bits per heavy atom. The minimum Gasteiger partial charge on any atom is -0.477 e. The number of benzene rings is 1. The van der Waals surface area contributed by atoms with Crippen molar-refractivity contribution in [2.75, 3.05) is 0 Å². The summed E-state index contributed by atoms with van der Waals surface area (Å²) >= 11 is 3.36. The highest BCUT2D eigenvalue weighted by molar-refractivity contribution is 9.10. The van der Waals surface area contributed by atoms with Crippen LogP contribution in [0.5, 0.6) is 0 Å². The molecule has 2 rings (SSSR count). The Balaban J connectivity index is 2.49. The molecule has 3 nitrogen and oxygen atoms in total. The lowest BCUT2D eigenvalue weighted by Crippen LogP contribution is -2.04. The van der Waals surface area contributed by atoms with Crippen LogP contribution in [0.25, 0.3) is 11.3 Å². The van der Waals surface area contributed by atoms with E-state index in [9.17, 15) is 4.79 Å². The van der Waals surface area contributed by atoms with Gasteiger partial charge in [0.1, 0.15) is 5.69 Å². The summed E-state index contributed by atoms with van der Waals surface area (Å²) < 4.78 is 2.68. The van der Waals surface area contributed by atoms with Gasteiger partial charge in [0.05, 0.1) is 0 Å². The Kier molecular flexibility index (Phi) is 2.83. The van der Waals surface area contributed by atoms with E-state index in [1.54, 1.807) is 17.7 Å². The number of nitrogens with zero attached hydrogens (tertiary/aromatic N) is 1. The standard InChI is InChI=1S/C12H10BrNO2/c1-14-10(6-7-11(14)12(15)16)8-2-4-9(13)5-3-8/h2-7H,1H3,(H,15,16). The smallest absolute Gasteiger partial charge is 0.352 e. The number of carbonyl (C=O) groups is 1. The molecule has 0 radical (unpaired) electrons. The largest absolute Gasteiger partial charge is 0.477 e. The highest BCUT2D eigenvalue weighted by atomic mass is 79.9. The summed E-state index contributed by atoms with van der Waals surface area (Å²) in [5.74, 6) is -0.911. The van der Waals surface area contributed by atoms with Gasteiger partial charge in [0, 0.05) is 17.2 Å². The Bertz CT molecular complexity index is 528. The number of carboxylic acid groups (broad SMARTS) is 1. The van der Waals surface area contributed by atoms with Gasteiger partial charge in [-0.15, -0.1) is 0 Å². The maximum absolute atomic E-state index is 10.9. The molecule has 0 spiro atoms. The van der Waals surface area contributed by atoms with Crippen molar-refractivity contribution in [1.82, 2.24) is 4.57 Å². The van der Waals surface area contributed by atoms with Crippen molar-refractivity contribution in [2.45, 2.75) is 0 Å². The van der Waals surface area contributed by atoms with Crippen LogP contribution in [0.1, 0.15) is 10.5 Å². The maximum atomic E-state index is 10.9. The van der Waals surface area contributed by atoms with Crippen molar-refractivity contribution in [1.29, 1.82) is 0 Å². The third kappa shape index (κ3) is 1.88. The van der Waals surface area contributed by atoms with E-state index in [2.05, 4.69) is 15.9 Å². The quantitative estimate of drug-likeness (QED) is 0.918. The van der Waals surface area contributed by atoms with E-state index in [0.717, 1.165) is 15.7 Å². The lowest BCUT2D eigenvalue weighted by atomic mass is 10.1. The van der Waals surface area contributed by atoms with Crippen LogP contribution in [0.15, 0.2) is 40.9 Å². The molecule has 0 unspecified atom stereocenters. The van der Waals surface area contributed by atoms with Crippen molar-refractivity contribution in [3.63, 3.8) is 0 Å². The van der Waals surface area contributed by atoms with E-state index >= 15 is 0 Å². The fraction of sp³-hybridized carbons (Fsp3) is 0.0833. The zero-order chi connectivity index (χ0) is 11.7. The molecule has 0 amide bonds. The molecular formula is C12H10BrNO2. The first-order chi connectivity index (χ1) is 7.59.